The molecule has 204 valence electrons. The molecule has 5 heterocycles. The Morgan fingerprint density at radius 2 is 1.88 bits per heavy atom. The normalized spacial score (nSPS) is 16.8. The number of hydrogen-bond acceptors (Lipinski definition) is 7. The van der Waals surface area contributed by atoms with Gasteiger partial charge in [0, 0.05) is 55.4 Å². The maximum Gasteiger partial charge on any atom is 0.227 e. The number of pyridine rings is 2. The second-order valence-corrected chi connectivity index (χ2v) is 10.8. The average Bonchev–Trinajstić information content (AvgIpc) is 3.73. The number of H-pyrrole nitrogens is 2. The molecule has 7 rings (SSSR count). The Labute approximate surface area is 230 Å². The molecule has 0 unspecified atom stereocenters. The van der Waals surface area contributed by atoms with Crippen LogP contribution in [0.3, 0.4) is 0 Å². The minimum Gasteiger partial charge on any atom is -0.352 e. The first kappa shape index (κ1) is 24.6. The molecule has 4 aromatic heterocycles. The molecule has 0 spiro atoms. The minimum atomic E-state index is -0.453. The summed E-state index contributed by atoms with van der Waals surface area (Å²) >= 11 is 0. The predicted octanol–water partition coefficient (Wildman–Crippen LogP) is 4.58. The number of imidazole rings is 1. The van der Waals surface area contributed by atoms with Crippen molar-refractivity contribution in [2.75, 3.05) is 43.4 Å². The summed E-state index contributed by atoms with van der Waals surface area (Å²) in [7, 11) is 2.12. The molecule has 1 aromatic carbocycles. The number of likely N-dealkylation sites (N-methyl/N-ethyl adjacent to an activating group) is 1. The number of halogens is 1. The molecule has 1 amide bonds. The summed E-state index contributed by atoms with van der Waals surface area (Å²) in [6.07, 6.45) is 9.07. The van der Waals surface area contributed by atoms with E-state index in [4.69, 9.17) is 4.98 Å². The van der Waals surface area contributed by atoms with E-state index in [-0.39, 0.29) is 17.3 Å². The summed E-state index contributed by atoms with van der Waals surface area (Å²) < 4.78 is 15.3. The topological polar surface area (TPSA) is 119 Å². The highest BCUT2D eigenvalue weighted by Gasteiger charge is 2.24. The van der Waals surface area contributed by atoms with Gasteiger partial charge in [-0.1, -0.05) is 12.8 Å². The number of hydrogen-bond donors (Lipinski definition) is 3. The number of nitrogens with one attached hydrogen (secondary N) is 3. The van der Waals surface area contributed by atoms with Crippen LogP contribution in [0.1, 0.15) is 25.7 Å². The predicted molar refractivity (Wildman–Crippen MR) is 152 cm³/mol. The molecule has 0 bridgehead atoms. The van der Waals surface area contributed by atoms with Gasteiger partial charge in [0.05, 0.1) is 17.4 Å². The fourth-order valence-corrected chi connectivity index (χ4v) is 5.81. The standard InChI is InChI=1S/C29H30FN9O/c1-38-8-10-39(11-9-38)28-26-23(6-7-32-28)34-27(35-26)25-21-13-18(14-22(30)24(21)36-37-25)19-12-20(16-31-15-19)33-29(40)17-4-2-3-5-17/h6-7,12-17H,2-5,8-11H2,1H3,(H,33,40)(H,34,35)(H,36,37). The van der Waals surface area contributed by atoms with Gasteiger partial charge in [-0.25, -0.2) is 14.4 Å². The lowest BCUT2D eigenvalue weighted by Gasteiger charge is -2.33. The SMILES string of the molecule is CN1CCN(c2nccc3[nH]c(-c4[nH]nc5c(F)cc(-c6cncc(NC(=O)C7CCCC7)c6)cc45)nc23)CC1. The first-order chi connectivity index (χ1) is 19.5. The van der Waals surface area contributed by atoms with Crippen LogP contribution in [0, 0.1) is 11.7 Å². The third-order valence-electron chi connectivity index (χ3n) is 8.10. The van der Waals surface area contributed by atoms with Crippen LogP contribution in [0.15, 0.2) is 42.9 Å². The highest BCUT2D eigenvalue weighted by atomic mass is 19.1. The lowest BCUT2D eigenvalue weighted by atomic mass is 10.0. The second-order valence-electron chi connectivity index (χ2n) is 10.8. The summed E-state index contributed by atoms with van der Waals surface area (Å²) in [4.78, 5) is 34.4. The molecule has 5 aromatic rings. The molecule has 40 heavy (non-hydrogen) atoms. The quantitative estimate of drug-likeness (QED) is 0.299. The van der Waals surface area contributed by atoms with Crippen LogP contribution in [0.5, 0.6) is 0 Å². The Bertz CT molecular complexity index is 1710. The molecular formula is C29H30FN9O. The number of aromatic nitrogens is 6. The third kappa shape index (κ3) is 4.45. The monoisotopic (exact) mass is 539 g/mol. The molecule has 0 atom stereocenters. The summed E-state index contributed by atoms with van der Waals surface area (Å²) in [5.41, 5.74) is 4.38. The Hall–Kier alpha value is -4.38. The number of carbonyl (C=O) groups excluding carboxylic acids is 1. The number of nitrogens with zero attached hydrogens (tertiary/aromatic N) is 6. The number of anilines is 2. The largest absolute Gasteiger partial charge is 0.352 e. The zero-order valence-corrected chi connectivity index (χ0v) is 22.2. The van der Waals surface area contributed by atoms with Crippen molar-refractivity contribution in [3.8, 4) is 22.6 Å². The van der Waals surface area contributed by atoms with Gasteiger partial charge in [-0.15, -0.1) is 0 Å². The second kappa shape index (κ2) is 9.98. The summed E-state index contributed by atoms with van der Waals surface area (Å²) in [5.74, 6) is 1.01. The zero-order chi connectivity index (χ0) is 27.2. The van der Waals surface area contributed by atoms with E-state index >= 15 is 4.39 Å². The number of aromatic amines is 2. The van der Waals surface area contributed by atoms with Gasteiger partial charge in [0.2, 0.25) is 5.91 Å². The maximum atomic E-state index is 15.3. The van der Waals surface area contributed by atoms with Gasteiger partial charge in [0.1, 0.15) is 16.7 Å². The zero-order valence-electron chi connectivity index (χ0n) is 22.2. The van der Waals surface area contributed by atoms with Crippen molar-refractivity contribution in [1.82, 2.24) is 35.0 Å². The van der Waals surface area contributed by atoms with Gasteiger partial charge in [-0.2, -0.15) is 5.10 Å². The van der Waals surface area contributed by atoms with Gasteiger partial charge in [-0.05, 0) is 49.7 Å². The van der Waals surface area contributed by atoms with Gasteiger partial charge in [-0.3, -0.25) is 14.9 Å². The number of amides is 1. The van der Waals surface area contributed by atoms with Crippen LogP contribution in [0.4, 0.5) is 15.9 Å². The van der Waals surface area contributed by atoms with Crippen molar-refractivity contribution in [1.29, 1.82) is 0 Å². The molecule has 1 saturated heterocycles. The van der Waals surface area contributed by atoms with E-state index in [1.54, 1.807) is 18.6 Å². The Kier molecular flexibility index (Phi) is 6.15. The first-order valence-electron chi connectivity index (χ1n) is 13.8. The van der Waals surface area contributed by atoms with E-state index < -0.39 is 5.82 Å². The van der Waals surface area contributed by atoms with Gasteiger partial charge < -0.3 is 20.1 Å². The molecule has 2 aliphatic rings. The van der Waals surface area contributed by atoms with Crippen LogP contribution < -0.4 is 10.2 Å². The van der Waals surface area contributed by atoms with E-state index in [9.17, 15) is 4.79 Å². The molecule has 1 saturated carbocycles. The van der Waals surface area contributed by atoms with Crippen molar-refractivity contribution < 1.29 is 9.18 Å². The number of benzene rings is 1. The average molecular weight is 540 g/mol. The lowest BCUT2D eigenvalue weighted by Crippen LogP contribution is -2.44. The lowest BCUT2D eigenvalue weighted by molar-refractivity contribution is -0.119. The van der Waals surface area contributed by atoms with Gasteiger partial charge in [0.15, 0.2) is 17.5 Å². The smallest absolute Gasteiger partial charge is 0.227 e. The van der Waals surface area contributed by atoms with Crippen LogP contribution in [-0.4, -0.2) is 74.2 Å². The minimum absolute atomic E-state index is 0.0190. The fourth-order valence-electron chi connectivity index (χ4n) is 5.81. The molecule has 2 fully saturated rings. The summed E-state index contributed by atoms with van der Waals surface area (Å²) in [6, 6.07) is 7.05. The molecule has 3 N–H and O–H groups in total. The molecule has 0 radical (unpaired) electrons. The highest BCUT2D eigenvalue weighted by Crippen LogP contribution is 2.34. The molecule has 1 aliphatic carbocycles. The van der Waals surface area contributed by atoms with Crippen molar-refractivity contribution >= 4 is 39.3 Å². The van der Waals surface area contributed by atoms with Gasteiger partial charge in [0.25, 0.3) is 0 Å². The van der Waals surface area contributed by atoms with Crippen LogP contribution in [0.25, 0.3) is 44.6 Å². The van der Waals surface area contributed by atoms with Crippen LogP contribution in [0.2, 0.25) is 0 Å². The Morgan fingerprint density at radius 3 is 2.70 bits per heavy atom. The number of fused-ring (bicyclic) bond motifs is 2. The van der Waals surface area contributed by atoms with Gasteiger partial charge >= 0.3 is 0 Å². The fraction of sp³-hybridized carbons (Fsp3) is 0.345. The Balaban J connectivity index is 1.24. The van der Waals surface area contributed by atoms with E-state index in [0.717, 1.165) is 68.7 Å². The van der Waals surface area contributed by atoms with Crippen molar-refractivity contribution in [3.05, 3.63) is 48.7 Å². The van der Waals surface area contributed by atoms with Crippen molar-refractivity contribution in [2.24, 2.45) is 5.92 Å². The van der Waals surface area contributed by atoms with E-state index in [1.165, 1.54) is 6.07 Å². The van der Waals surface area contributed by atoms with Crippen molar-refractivity contribution in [2.45, 2.75) is 25.7 Å². The summed E-state index contributed by atoms with van der Waals surface area (Å²) in [6.45, 7) is 3.67. The third-order valence-corrected chi connectivity index (χ3v) is 8.10. The van der Waals surface area contributed by atoms with E-state index in [1.807, 2.05) is 18.2 Å². The van der Waals surface area contributed by atoms with Crippen LogP contribution >= 0.6 is 0 Å². The molecule has 11 heteroatoms. The van der Waals surface area contributed by atoms with E-state index in [0.29, 0.717) is 33.7 Å². The maximum absolute atomic E-state index is 15.3. The van der Waals surface area contributed by atoms with Crippen LogP contribution in [-0.2, 0) is 4.79 Å². The molecule has 1 aliphatic heterocycles. The highest BCUT2D eigenvalue weighted by molar-refractivity contribution is 5.98. The number of piperazine rings is 1. The molecular weight excluding hydrogens is 509 g/mol. The number of rotatable bonds is 5. The Morgan fingerprint density at radius 1 is 1.05 bits per heavy atom. The molecule has 10 nitrogen and oxygen atoms in total. The summed E-state index contributed by atoms with van der Waals surface area (Å²) in [5, 5.41) is 10.8. The first-order valence-corrected chi connectivity index (χ1v) is 13.8. The van der Waals surface area contributed by atoms with Crippen molar-refractivity contribution in [3.63, 3.8) is 0 Å². The van der Waals surface area contributed by atoms with E-state index in [2.05, 4.69) is 47.3 Å². The number of carbonyl (C=O) groups is 1.